The standard InChI is InChI=1S/C11H7BrClFN2O/c1-16-5-6(4-15-16)11(17)7-2-3-8(12)9(13)10(7)14/h2-5H,1H3. The van der Waals surface area contributed by atoms with Gasteiger partial charge in [0, 0.05) is 17.7 Å². The average Bonchev–Trinajstić information content (AvgIpc) is 2.72. The van der Waals surface area contributed by atoms with Crippen LogP contribution in [-0.4, -0.2) is 15.6 Å². The number of hydrogen-bond donors (Lipinski definition) is 0. The maximum absolute atomic E-state index is 13.8. The van der Waals surface area contributed by atoms with Crippen molar-refractivity contribution in [2.24, 2.45) is 7.05 Å². The molecule has 0 fully saturated rings. The van der Waals surface area contributed by atoms with Gasteiger partial charge in [-0.25, -0.2) is 4.39 Å². The number of carbonyl (C=O) groups is 1. The summed E-state index contributed by atoms with van der Waals surface area (Å²) >= 11 is 8.81. The minimum atomic E-state index is -0.727. The van der Waals surface area contributed by atoms with Gasteiger partial charge in [-0.2, -0.15) is 5.10 Å². The van der Waals surface area contributed by atoms with Crippen LogP contribution in [-0.2, 0) is 7.05 Å². The van der Waals surface area contributed by atoms with Crippen molar-refractivity contribution in [1.82, 2.24) is 9.78 Å². The highest BCUT2D eigenvalue weighted by molar-refractivity contribution is 9.10. The summed E-state index contributed by atoms with van der Waals surface area (Å²) in [5.74, 6) is -1.17. The molecule has 3 nitrogen and oxygen atoms in total. The van der Waals surface area contributed by atoms with Gasteiger partial charge in [0.2, 0.25) is 0 Å². The van der Waals surface area contributed by atoms with E-state index in [4.69, 9.17) is 11.6 Å². The predicted molar refractivity (Wildman–Crippen MR) is 65.8 cm³/mol. The van der Waals surface area contributed by atoms with Crippen LogP contribution in [0.2, 0.25) is 5.02 Å². The SMILES string of the molecule is Cn1cc(C(=O)c2ccc(Br)c(Cl)c2F)cn1. The van der Waals surface area contributed by atoms with Crippen LogP contribution >= 0.6 is 27.5 Å². The third kappa shape index (κ3) is 2.25. The van der Waals surface area contributed by atoms with Gasteiger partial charge in [0.25, 0.3) is 0 Å². The molecule has 0 bridgehead atoms. The molecule has 0 saturated carbocycles. The Bertz CT molecular complexity index is 597. The van der Waals surface area contributed by atoms with Crippen molar-refractivity contribution in [1.29, 1.82) is 0 Å². The molecule has 1 aromatic heterocycles. The van der Waals surface area contributed by atoms with E-state index in [1.807, 2.05) is 0 Å². The van der Waals surface area contributed by atoms with Crippen LogP contribution in [0.4, 0.5) is 4.39 Å². The summed E-state index contributed by atoms with van der Waals surface area (Å²) in [4.78, 5) is 12.0. The van der Waals surface area contributed by atoms with Gasteiger partial charge in [-0.15, -0.1) is 0 Å². The topological polar surface area (TPSA) is 34.9 Å². The number of aryl methyl sites for hydroxylation is 1. The van der Waals surface area contributed by atoms with E-state index in [-0.39, 0.29) is 10.6 Å². The van der Waals surface area contributed by atoms with E-state index in [0.717, 1.165) is 0 Å². The Labute approximate surface area is 110 Å². The van der Waals surface area contributed by atoms with Gasteiger partial charge < -0.3 is 0 Å². The van der Waals surface area contributed by atoms with Gasteiger partial charge in [-0.05, 0) is 28.1 Å². The van der Waals surface area contributed by atoms with Crippen LogP contribution in [0, 0.1) is 5.82 Å². The van der Waals surface area contributed by atoms with Crippen LogP contribution in [0.15, 0.2) is 29.0 Å². The van der Waals surface area contributed by atoms with E-state index >= 15 is 0 Å². The Kier molecular flexibility index (Phi) is 3.31. The lowest BCUT2D eigenvalue weighted by Crippen LogP contribution is -2.04. The van der Waals surface area contributed by atoms with Crippen LogP contribution in [0.25, 0.3) is 0 Å². The Hall–Kier alpha value is -1.20. The first-order valence-electron chi connectivity index (χ1n) is 4.67. The number of halogens is 3. The fourth-order valence-corrected chi connectivity index (χ4v) is 1.87. The van der Waals surface area contributed by atoms with E-state index < -0.39 is 11.6 Å². The molecule has 0 spiro atoms. The summed E-state index contributed by atoms with van der Waals surface area (Å²) < 4.78 is 15.7. The Morgan fingerprint density at radius 1 is 1.53 bits per heavy atom. The van der Waals surface area contributed by atoms with Crippen molar-refractivity contribution >= 4 is 33.3 Å². The Morgan fingerprint density at radius 3 is 2.82 bits per heavy atom. The number of benzene rings is 1. The average molecular weight is 318 g/mol. The Morgan fingerprint density at radius 2 is 2.24 bits per heavy atom. The molecule has 17 heavy (non-hydrogen) atoms. The summed E-state index contributed by atoms with van der Waals surface area (Å²) in [5, 5.41) is 3.77. The molecule has 6 heteroatoms. The number of nitrogens with zero attached hydrogens (tertiary/aromatic N) is 2. The lowest BCUT2D eigenvalue weighted by Gasteiger charge is -2.03. The van der Waals surface area contributed by atoms with E-state index in [1.165, 1.54) is 29.2 Å². The molecule has 88 valence electrons. The minimum absolute atomic E-state index is 0.0637. The third-order valence-corrected chi connectivity index (χ3v) is 3.51. The van der Waals surface area contributed by atoms with Gasteiger partial charge in [-0.1, -0.05) is 11.6 Å². The number of ketones is 1. The second-order valence-corrected chi connectivity index (χ2v) is 4.69. The summed E-state index contributed by atoms with van der Waals surface area (Å²) in [6.07, 6.45) is 2.91. The van der Waals surface area contributed by atoms with E-state index in [9.17, 15) is 9.18 Å². The molecule has 1 aromatic carbocycles. The minimum Gasteiger partial charge on any atom is -0.288 e. The van der Waals surface area contributed by atoms with Gasteiger partial charge in [0.15, 0.2) is 11.6 Å². The fraction of sp³-hybridized carbons (Fsp3) is 0.0909. The van der Waals surface area contributed by atoms with Crippen molar-refractivity contribution < 1.29 is 9.18 Å². The zero-order valence-corrected chi connectivity index (χ0v) is 11.1. The van der Waals surface area contributed by atoms with Gasteiger partial charge in [0.1, 0.15) is 0 Å². The molecular weight excluding hydrogens is 310 g/mol. The van der Waals surface area contributed by atoms with Crippen LogP contribution < -0.4 is 0 Å². The molecule has 0 amide bonds. The molecule has 0 aliphatic rings. The molecule has 0 saturated heterocycles. The maximum Gasteiger partial charge on any atom is 0.199 e. The number of aromatic nitrogens is 2. The molecule has 0 aliphatic carbocycles. The zero-order chi connectivity index (χ0) is 12.6. The summed E-state index contributed by atoms with van der Waals surface area (Å²) in [7, 11) is 1.68. The highest BCUT2D eigenvalue weighted by Gasteiger charge is 2.18. The zero-order valence-electron chi connectivity index (χ0n) is 8.75. The van der Waals surface area contributed by atoms with Crippen LogP contribution in [0.3, 0.4) is 0 Å². The molecule has 0 N–H and O–H groups in total. The molecule has 2 rings (SSSR count). The van der Waals surface area contributed by atoms with Crippen molar-refractivity contribution in [2.45, 2.75) is 0 Å². The van der Waals surface area contributed by atoms with Crippen molar-refractivity contribution in [3.05, 3.63) is 51.0 Å². The van der Waals surface area contributed by atoms with Crippen LogP contribution in [0.1, 0.15) is 15.9 Å². The van der Waals surface area contributed by atoms with Gasteiger partial charge in [0.05, 0.1) is 22.3 Å². The molecule has 2 aromatic rings. The lowest BCUT2D eigenvalue weighted by atomic mass is 10.1. The molecule has 0 aliphatic heterocycles. The molecular formula is C11H7BrClFN2O. The van der Waals surface area contributed by atoms with E-state index in [0.29, 0.717) is 10.0 Å². The first-order chi connectivity index (χ1) is 8.00. The maximum atomic E-state index is 13.8. The number of hydrogen-bond acceptors (Lipinski definition) is 2. The summed E-state index contributed by atoms with van der Waals surface area (Å²) in [6, 6.07) is 2.93. The summed E-state index contributed by atoms with van der Waals surface area (Å²) in [6.45, 7) is 0. The summed E-state index contributed by atoms with van der Waals surface area (Å²) in [5.41, 5.74) is 0.260. The molecule has 0 atom stereocenters. The van der Waals surface area contributed by atoms with Crippen molar-refractivity contribution in [2.75, 3.05) is 0 Å². The fourth-order valence-electron chi connectivity index (χ4n) is 1.40. The predicted octanol–water partition coefficient (Wildman–Crippen LogP) is 3.21. The quantitative estimate of drug-likeness (QED) is 0.630. The van der Waals surface area contributed by atoms with Gasteiger partial charge in [-0.3, -0.25) is 9.48 Å². The Balaban J connectivity index is 2.48. The number of rotatable bonds is 2. The highest BCUT2D eigenvalue weighted by atomic mass is 79.9. The third-order valence-electron chi connectivity index (χ3n) is 2.25. The highest BCUT2D eigenvalue weighted by Crippen LogP contribution is 2.28. The first-order valence-corrected chi connectivity index (χ1v) is 5.84. The number of carbonyl (C=O) groups excluding carboxylic acids is 1. The molecule has 0 radical (unpaired) electrons. The molecule has 1 heterocycles. The first kappa shape index (κ1) is 12.3. The lowest BCUT2D eigenvalue weighted by molar-refractivity contribution is 0.103. The molecule has 0 unspecified atom stereocenters. The van der Waals surface area contributed by atoms with Gasteiger partial charge >= 0.3 is 0 Å². The van der Waals surface area contributed by atoms with Crippen molar-refractivity contribution in [3.8, 4) is 0 Å². The monoisotopic (exact) mass is 316 g/mol. The van der Waals surface area contributed by atoms with Crippen molar-refractivity contribution in [3.63, 3.8) is 0 Å². The largest absolute Gasteiger partial charge is 0.288 e. The second kappa shape index (κ2) is 4.58. The second-order valence-electron chi connectivity index (χ2n) is 3.45. The normalized spacial score (nSPS) is 10.6. The smallest absolute Gasteiger partial charge is 0.199 e. The van der Waals surface area contributed by atoms with Crippen LogP contribution in [0.5, 0.6) is 0 Å². The van der Waals surface area contributed by atoms with E-state index in [2.05, 4.69) is 21.0 Å². The van der Waals surface area contributed by atoms with E-state index in [1.54, 1.807) is 7.05 Å².